The molecule has 114 valence electrons. The molecule has 1 aliphatic heterocycles. The second-order valence-electron chi connectivity index (χ2n) is 6.89. The third-order valence-electron chi connectivity index (χ3n) is 4.97. The molecule has 3 rings (SSSR count). The maximum atomic E-state index is 12.5. The normalized spacial score (nSPS) is 21.9. The minimum atomic E-state index is -0.0371. The molecule has 1 aromatic carbocycles. The van der Waals surface area contributed by atoms with Crippen molar-refractivity contribution in [3.63, 3.8) is 0 Å². The van der Waals surface area contributed by atoms with E-state index in [9.17, 15) is 4.79 Å². The van der Waals surface area contributed by atoms with E-state index in [1.807, 2.05) is 11.8 Å². The predicted molar refractivity (Wildman–Crippen MR) is 85.1 cm³/mol. The summed E-state index contributed by atoms with van der Waals surface area (Å²) in [5.74, 6) is 0.241. The number of amides is 1. The Morgan fingerprint density at radius 3 is 2.38 bits per heavy atom. The van der Waals surface area contributed by atoms with Gasteiger partial charge in [0.25, 0.3) is 0 Å². The highest BCUT2D eigenvalue weighted by Gasteiger charge is 2.37. The monoisotopic (exact) mass is 286 g/mol. The molecule has 1 saturated heterocycles. The van der Waals surface area contributed by atoms with Gasteiger partial charge in [-0.2, -0.15) is 0 Å². The van der Waals surface area contributed by atoms with Crippen LogP contribution in [-0.2, 0) is 11.2 Å². The highest BCUT2D eigenvalue weighted by Crippen LogP contribution is 2.35. The lowest BCUT2D eigenvalue weighted by molar-refractivity contribution is -0.133. The lowest BCUT2D eigenvalue weighted by Gasteiger charge is -2.29. The first-order valence-electron chi connectivity index (χ1n) is 8.24. The number of benzene rings is 1. The molecule has 0 spiro atoms. The molecule has 1 aliphatic carbocycles. The Labute approximate surface area is 127 Å². The van der Waals surface area contributed by atoms with E-state index in [0.29, 0.717) is 0 Å². The molecule has 2 fully saturated rings. The van der Waals surface area contributed by atoms with Crippen molar-refractivity contribution >= 4 is 5.91 Å². The fraction of sp³-hybridized carbons (Fsp3) is 0.611. The SMILES string of the molecule is CC(C(=O)N1CCCCC1)c1ccc(CC2(N)CC2)cc1. The molecule has 0 aromatic heterocycles. The Hall–Kier alpha value is -1.35. The van der Waals surface area contributed by atoms with Gasteiger partial charge in [-0.1, -0.05) is 24.3 Å². The summed E-state index contributed by atoms with van der Waals surface area (Å²) in [6.45, 7) is 3.88. The van der Waals surface area contributed by atoms with Crippen molar-refractivity contribution in [3.05, 3.63) is 35.4 Å². The second-order valence-corrected chi connectivity index (χ2v) is 6.89. The minimum absolute atomic E-state index is 0.0371. The zero-order valence-corrected chi connectivity index (χ0v) is 13.0. The van der Waals surface area contributed by atoms with Gasteiger partial charge >= 0.3 is 0 Å². The number of nitrogens with two attached hydrogens (primary N) is 1. The molecule has 0 radical (unpaired) electrons. The zero-order valence-electron chi connectivity index (χ0n) is 13.0. The maximum Gasteiger partial charge on any atom is 0.229 e. The molecular weight excluding hydrogens is 260 g/mol. The van der Waals surface area contributed by atoms with Gasteiger partial charge in [0.15, 0.2) is 0 Å². The molecule has 21 heavy (non-hydrogen) atoms. The van der Waals surface area contributed by atoms with Gasteiger partial charge in [-0.25, -0.2) is 0 Å². The van der Waals surface area contributed by atoms with Crippen LogP contribution < -0.4 is 5.73 Å². The average Bonchev–Trinajstić information content (AvgIpc) is 3.24. The standard InChI is InChI=1S/C18H26N2O/c1-14(17(21)20-11-3-2-4-12-20)16-7-5-15(6-8-16)13-18(19)9-10-18/h5-8,14H,2-4,9-13,19H2,1H3. The summed E-state index contributed by atoms with van der Waals surface area (Å²) in [6.07, 6.45) is 6.79. The molecule has 2 aliphatic rings. The lowest BCUT2D eigenvalue weighted by atomic mass is 9.95. The number of carbonyl (C=O) groups excluding carboxylic acids is 1. The second kappa shape index (κ2) is 5.80. The number of hydrogen-bond donors (Lipinski definition) is 1. The van der Waals surface area contributed by atoms with Crippen molar-refractivity contribution in [2.45, 2.75) is 56.9 Å². The molecule has 1 amide bonds. The van der Waals surface area contributed by atoms with Crippen LogP contribution in [0.15, 0.2) is 24.3 Å². The molecule has 1 saturated carbocycles. The fourth-order valence-electron chi connectivity index (χ4n) is 3.20. The van der Waals surface area contributed by atoms with Gasteiger partial charge in [-0.15, -0.1) is 0 Å². The number of likely N-dealkylation sites (tertiary alicyclic amines) is 1. The van der Waals surface area contributed by atoms with Crippen molar-refractivity contribution in [1.29, 1.82) is 0 Å². The first-order valence-corrected chi connectivity index (χ1v) is 8.24. The van der Waals surface area contributed by atoms with Gasteiger partial charge in [0.1, 0.15) is 0 Å². The van der Waals surface area contributed by atoms with Crippen molar-refractivity contribution in [2.24, 2.45) is 5.73 Å². The van der Waals surface area contributed by atoms with Gasteiger partial charge in [0, 0.05) is 18.6 Å². The molecule has 1 atom stereocenters. The summed E-state index contributed by atoms with van der Waals surface area (Å²) < 4.78 is 0. The van der Waals surface area contributed by atoms with Crippen LogP contribution in [0.25, 0.3) is 0 Å². The topological polar surface area (TPSA) is 46.3 Å². The summed E-state index contributed by atoms with van der Waals surface area (Å²) in [5.41, 5.74) is 8.62. The highest BCUT2D eigenvalue weighted by molar-refractivity contribution is 5.83. The molecule has 2 N–H and O–H groups in total. The largest absolute Gasteiger partial charge is 0.342 e. The van der Waals surface area contributed by atoms with Crippen LogP contribution in [0.2, 0.25) is 0 Å². The number of rotatable bonds is 4. The van der Waals surface area contributed by atoms with E-state index in [0.717, 1.165) is 50.8 Å². The summed E-state index contributed by atoms with van der Waals surface area (Å²) in [4.78, 5) is 14.6. The summed E-state index contributed by atoms with van der Waals surface area (Å²) in [5, 5.41) is 0. The Morgan fingerprint density at radius 1 is 1.19 bits per heavy atom. The van der Waals surface area contributed by atoms with Crippen molar-refractivity contribution in [1.82, 2.24) is 4.90 Å². The summed E-state index contributed by atoms with van der Waals surface area (Å²) in [6, 6.07) is 8.49. The molecule has 3 heteroatoms. The van der Waals surface area contributed by atoms with Crippen LogP contribution in [-0.4, -0.2) is 29.4 Å². The van der Waals surface area contributed by atoms with Gasteiger partial charge in [-0.3, -0.25) is 4.79 Å². The van der Waals surface area contributed by atoms with E-state index in [2.05, 4.69) is 24.3 Å². The molecule has 0 bridgehead atoms. The van der Waals surface area contributed by atoms with E-state index in [1.54, 1.807) is 0 Å². The van der Waals surface area contributed by atoms with E-state index < -0.39 is 0 Å². The molecule has 1 unspecified atom stereocenters. The third-order valence-corrected chi connectivity index (χ3v) is 4.97. The first-order chi connectivity index (χ1) is 10.1. The van der Waals surface area contributed by atoms with Crippen molar-refractivity contribution in [3.8, 4) is 0 Å². The summed E-state index contributed by atoms with van der Waals surface area (Å²) in [7, 11) is 0. The van der Waals surface area contributed by atoms with E-state index >= 15 is 0 Å². The first kappa shape index (κ1) is 14.6. The van der Waals surface area contributed by atoms with Gasteiger partial charge in [0.2, 0.25) is 5.91 Å². The third kappa shape index (κ3) is 3.46. The summed E-state index contributed by atoms with van der Waals surface area (Å²) >= 11 is 0. The highest BCUT2D eigenvalue weighted by atomic mass is 16.2. The minimum Gasteiger partial charge on any atom is -0.342 e. The smallest absolute Gasteiger partial charge is 0.229 e. The average molecular weight is 286 g/mol. The predicted octanol–water partition coefficient (Wildman–Crippen LogP) is 2.84. The zero-order chi connectivity index (χ0) is 14.9. The fourth-order valence-corrected chi connectivity index (χ4v) is 3.20. The lowest BCUT2D eigenvalue weighted by Crippen LogP contribution is -2.38. The Morgan fingerprint density at radius 2 is 1.81 bits per heavy atom. The maximum absolute atomic E-state index is 12.5. The molecule has 1 heterocycles. The number of carbonyl (C=O) groups is 1. The number of hydrogen-bond acceptors (Lipinski definition) is 2. The van der Waals surface area contributed by atoms with Gasteiger partial charge in [-0.05, 0) is 56.6 Å². The Balaban J connectivity index is 1.63. The van der Waals surface area contributed by atoms with Crippen LogP contribution in [0.5, 0.6) is 0 Å². The quantitative estimate of drug-likeness (QED) is 0.925. The van der Waals surface area contributed by atoms with Crippen LogP contribution in [0.4, 0.5) is 0 Å². The van der Waals surface area contributed by atoms with E-state index in [1.165, 1.54) is 12.0 Å². The van der Waals surface area contributed by atoms with Crippen LogP contribution in [0.1, 0.15) is 56.1 Å². The van der Waals surface area contributed by atoms with Crippen LogP contribution in [0.3, 0.4) is 0 Å². The van der Waals surface area contributed by atoms with Crippen molar-refractivity contribution < 1.29 is 4.79 Å². The molecule has 3 nitrogen and oxygen atoms in total. The van der Waals surface area contributed by atoms with Crippen LogP contribution >= 0.6 is 0 Å². The van der Waals surface area contributed by atoms with Gasteiger partial charge in [0.05, 0.1) is 5.92 Å². The van der Waals surface area contributed by atoms with Crippen molar-refractivity contribution in [2.75, 3.05) is 13.1 Å². The van der Waals surface area contributed by atoms with Gasteiger partial charge < -0.3 is 10.6 Å². The number of piperidine rings is 1. The Kier molecular flexibility index (Phi) is 4.03. The van der Waals surface area contributed by atoms with E-state index in [-0.39, 0.29) is 17.4 Å². The van der Waals surface area contributed by atoms with Crippen LogP contribution in [0, 0.1) is 0 Å². The molecule has 1 aromatic rings. The molecular formula is C18H26N2O. The number of nitrogens with zero attached hydrogens (tertiary/aromatic N) is 1. The van der Waals surface area contributed by atoms with E-state index in [4.69, 9.17) is 5.73 Å². The Bertz CT molecular complexity index is 498.